The Hall–Kier alpha value is -1.29. The predicted molar refractivity (Wildman–Crippen MR) is 95.1 cm³/mol. The highest BCUT2D eigenvalue weighted by Gasteiger charge is 2.25. The van der Waals surface area contributed by atoms with Gasteiger partial charge in [0.2, 0.25) is 0 Å². The molecular weight excluding hydrogens is 278 g/mol. The lowest BCUT2D eigenvalue weighted by Gasteiger charge is -2.42. The summed E-state index contributed by atoms with van der Waals surface area (Å²) in [5, 5.41) is 4.29. The Morgan fingerprint density at radius 3 is 2.62 bits per heavy atom. The second kappa shape index (κ2) is 7.64. The fourth-order valence-electron chi connectivity index (χ4n) is 2.75. The van der Waals surface area contributed by atoms with Gasteiger partial charge in [-0.2, -0.15) is 0 Å². The van der Waals surface area contributed by atoms with Crippen molar-refractivity contribution in [3.8, 4) is 0 Å². The van der Waals surface area contributed by atoms with Gasteiger partial charge in [0, 0.05) is 37.9 Å². The van der Waals surface area contributed by atoms with Gasteiger partial charge in [0.05, 0.1) is 0 Å². The van der Waals surface area contributed by atoms with E-state index in [-0.39, 0.29) is 0 Å². The van der Waals surface area contributed by atoms with Crippen molar-refractivity contribution in [2.75, 3.05) is 31.1 Å². The summed E-state index contributed by atoms with van der Waals surface area (Å²) in [6.45, 7) is 10.6. The first-order valence-corrected chi connectivity index (χ1v) is 8.38. The van der Waals surface area contributed by atoms with Crippen LogP contribution < -0.4 is 10.2 Å². The van der Waals surface area contributed by atoms with Crippen molar-refractivity contribution in [1.82, 2.24) is 10.2 Å². The number of hydrogen-bond acceptors (Lipinski definition) is 2. The van der Waals surface area contributed by atoms with Crippen LogP contribution in [0.3, 0.4) is 0 Å². The third-order valence-electron chi connectivity index (χ3n) is 4.09. The lowest BCUT2D eigenvalue weighted by molar-refractivity contribution is 0.334. The van der Waals surface area contributed by atoms with Gasteiger partial charge in [-0.1, -0.05) is 31.0 Å². The molecule has 1 unspecified atom stereocenters. The predicted octanol–water partition coefficient (Wildman–Crippen LogP) is 3.18. The number of benzene rings is 1. The molecule has 1 aromatic rings. The molecule has 0 radical (unpaired) electrons. The zero-order chi connectivity index (χ0) is 15.2. The van der Waals surface area contributed by atoms with Crippen molar-refractivity contribution < 1.29 is 0 Å². The minimum Gasteiger partial charge on any atom is -0.365 e. The molecule has 2 rings (SSSR count). The molecule has 116 valence electrons. The summed E-state index contributed by atoms with van der Waals surface area (Å²) in [6, 6.07) is 9.29. The lowest BCUT2D eigenvalue weighted by Crippen LogP contribution is -2.56. The summed E-state index contributed by atoms with van der Waals surface area (Å²) in [5.74, 6) is 0. The van der Waals surface area contributed by atoms with E-state index in [1.807, 2.05) is 0 Å². The summed E-state index contributed by atoms with van der Waals surface area (Å²) < 4.78 is 0. The average molecular weight is 305 g/mol. The summed E-state index contributed by atoms with van der Waals surface area (Å²) in [7, 11) is 0. The molecule has 1 saturated heterocycles. The van der Waals surface area contributed by atoms with E-state index in [4.69, 9.17) is 12.2 Å². The molecule has 1 aromatic carbocycles. The maximum Gasteiger partial charge on any atom is 0.169 e. The van der Waals surface area contributed by atoms with Crippen LogP contribution in [-0.2, 0) is 0 Å². The van der Waals surface area contributed by atoms with Crippen LogP contribution >= 0.6 is 12.2 Å². The second-order valence-corrected chi connectivity index (χ2v) is 6.30. The first kappa shape index (κ1) is 16.1. The van der Waals surface area contributed by atoms with Crippen LogP contribution in [0.5, 0.6) is 0 Å². The van der Waals surface area contributed by atoms with Gasteiger partial charge in [-0.05, 0) is 44.6 Å². The normalized spacial score (nSPS) is 18.7. The first-order valence-electron chi connectivity index (χ1n) is 7.98. The van der Waals surface area contributed by atoms with Gasteiger partial charge in [-0.25, -0.2) is 0 Å². The number of hydrogen-bond donors (Lipinski definition) is 1. The zero-order valence-electron chi connectivity index (χ0n) is 13.4. The summed E-state index contributed by atoms with van der Waals surface area (Å²) >= 11 is 5.51. The number of anilines is 1. The molecule has 21 heavy (non-hydrogen) atoms. The van der Waals surface area contributed by atoms with Gasteiger partial charge in [0.1, 0.15) is 0 Å². The molecule has 0 aromatic heterocycles. The van der Waals surface area contributed by atoms with Gasteiger partial charge >= 0.3 is 0 Å². The molecule has 0 amide bonds. The molecular formula is C17H27N3S. The Kier molecular flexibility index (Phi) is 5.85. The van der Waals surface area contributed by atoms with E-state index in [2.05, 4.69) is 60.2 Å². The monoisotopic (exact) mass is 305 g/mol. The number of piperazine rings is 1. The van der Waals surface area contributed by atoms with Gasteiger partial charge < -0.3 is 15.1 Å². The fourth-order valence-corrected chi connectivity index (χ4v) is 3.01. The molecule has 1 atom stereocenters. The van der Waals surface area contributed by atoms with Gasteiger partial charge in [0.25, 0.3) is 0 Å². The van der Waals surface area contributed by atoms with Crippen LogP contribution in [0.25, 0.3) is 0 Å². The Balaban J connectivity index is 1.89. The number of aryl methyl sites for hydroxylation is 1. The minimum atomic E-state index is 0.479. The molecule has 0 aliphatic carbocycles. The fraction of sp³-hybridized carbons (Fsp3) is 0.588. The van der Waals surface area contributed by atoms with E-state index in [1.165, 1.54) is 24.1 Å². The van der Waals surface area contributed by atoms with Gasteiger partial charge in [0.15, 0.2) is 5.11 Å². The van der Waals surface area contributed by atoms with Crippen LogP contribution in [0.2, 0.25) is 0 Å². The van der Waals surface area contributed by atoms with E-state index in [0.29, 0.717) is 6.04 Å². The van der Waals surface area contributed by atoms with Crippen molar-refractivity contribution in [1.29, 1.82) is 0 Å². The SMILES string of the molecule is CCCCNC(=S)N1CCN(c2ccc(C)cc2)C(C)C1. The van der Waals surface area contributed by atoms with Crippen LogP contribution in [0.4, 0.5) is 5.69 Å². The number of nitrogens with one attached hydrogen (secondary N) is 1. The Labute approximate surface area is 134 Å². The molecule has 3 nitrogen and oxygen atoms in total. The van der Waals surface area contributed by atoms with Crippen molar-refractivity contribution >= 4 is 23.0 Å². The van der Waals surface area contributed by atoms with Crippen molar-refractivity contribution in [3.05, 3.63) is 29.8 Å². The first-order chi connectivity index (χ1) is 10.1. The van der Waals surface area contributed by atoms with Crippen LogP contribution in [-0.4, -0.2) is 42.2 Å². The molecule has 1 fully saturated rings. The topological polar surface area (TPSA) is 18.5 Å². The molecule has 1 aliphatic rings. The minimum absolute atomic E-state index is 0.479. The number of thiocarbonyl (C=S) groups is 1. The second-order valence-electron chi connectivity index (χ2n) is 5.91. The van der Waals surface area contributed by atoms with E-state index in [1.54, 1.807) is 0 Å². The Morgan fingerprint density at radius 2 is 2.00 bits per heavy atom. The molecule has 0 bridgehead atoms. The smallest absolute Gasteiger partial charge is 0.169 e. The number of unbranched alkanes of at least 4 members (excludes halogenated alkanes) is 1. The van der Waals surface area contributed by atoms with E-state index < -0.39 is 0 Å². The largest absolute Gasteiger partial charge is 0.365 e. The third kappa shape index (κ3) is 4.34. The van der Waals surface area contributed by atoms with Crippen molar-refractivity contribution in [3.63, 3.8) is 0 Å². The molecule has 0 spiro atoms. The summed E-state index contributed by atoms with van der Waals surface area (Å²) in [6.07, 6.45) is 2.38. The Morgan fingerprint density at radius 1 is 1.29 bits per heavy atom. The maximum atomic E-state index is 5.51. The standard InChI is InChI=1S/C17H27N3S/c1-4-5-10-18-17(21)19-11-12-20(15(3)13-19)16-8-6-14(2)7-9-16/h6-9,15H,4-5,10-13H2,1-3H3,(H,18,21). The van der Waals surface area contributed by atoms with E-state index in [9.17, 15) is 0 Å². The summed E-state index contributed by atoms with van der Waals surface area (Å²) in [5.41, 5.74) is 2.63. The lowest BCUT2D eigenvalue weighted by atomic mass is 10.1. The number of rotatable bonds is 4. The maximum absolute atomic E-state index is 5.51. The quantitative estimate of drug-likeness (QED) is 0.680. The highest BCUT2D eigenvalue weighted by atomic mass is 32.1. The van der Waals surface area contributed by atoms with E-state index >= 15 is 0 Å². The highest BCUT2D eigenvalue weighted by Crippen LogP contribution is 2.21. The summed E-state index contributed by atoms with van der Waals surface area (Å²) in [4.78, 5) is 4.78. The van der Waals surface area contributed by atoms with Gasteiger partial charge in [-0.3, -0.25) is 0 Å². The molecule has 1 aliphatic heterocycles. The van der Waals surface area contributed by atoms with Crippen LogP contribution in [0, 0.1) is 6.92 Å². The molecule has 0 saturated carbocycles. The van der Waals surface area contributed by atoms with Crippen molar-refractivity contribution in [2.45, 2.75) is 39.7 Å². The average Bonchev–Trinajstić information content (AvgIpc) is 2.48. The Bertz CT molecular complexity index is 458. The molecule has 4 heteroatoms. The zero-order valence-corrected chi connectivity index (χ0v) is 14.2. The van der Waals surface area contributed by atoms with E-state index in [0.717, 1.165) is 31.3 Å². The van der Waals surface area contributed by atoms with Crippen LogP contribution in [0.1, 0.15) is 32.3 Å². The molecule has 1 N–H and O–H groups in total. The third-order valence-corrected chi connectivity index (χ3v) is 4.49. The number of nitrogens with zero attached hydrogens (tertiary/aromatic N) is 2. The van der Waals surface area contributed by atoms with Crippen LogP contribution in [0.15, 0.2) is 24.3 Å². The highest BCUT2D eigenvalue weighted by molar-refractivity contribution is 7.80. The molecule has 1 heterocycles. The van der Waals surface area contributed by atoms with Crippen molar-refractivity contribution in [2.24, 2.45) is 0 Å². The van der Waals surface area contributed by atoms with Gasteiger partial charge in [-0.15, -0.1) is 0 Å².